The van der Waals surface area contributed by atoms with Gasteiger partial charge in [0.05, 0.1) is 67.0 Å². The van der Waals surface area contributed by atoms with E-state index in [4.69, 9.17) is 40.4 Å². The number of aromatic hydroxyl groups is 1. The van der Waals surface area contributed by atoms with Crippen LogP contribution in [0.1, 0.15) is 22.8 Å². The molecule has 2 aromatic rings. The van der Waals surface area contributed by atoms with E-state index in [1.807, 2.05) is 6.92 Å². The lowest BCUT2D eigenvalue weighted by Gasteiger charge is -2.09. The molecule has 0 aliphatic rings. The largest absolute Gasteiger partial charge is 0.507 e. The summed E-state index contributed by atoms with van der Waals surface area (Å²) in [5.74, 6) is 0.625. The van der Waals surface area contributed by atoms with E-state index in [1.54, 1.807) is 30.3 Å². The zero-order valence-corrected chi connectivity index (χ0v) is 22.4. The second-order valence-electron chi connectivity index (χ2n) is 7.02. The number of aliphatic hydroxyl groups excluding tert-OH is 1. The van der Waals surface area contributed by atoms with Gasteiger partial charge < -0.3 is 33.9 Å². The lowest BCUT2D eigenvalue weighted by molar-refractivity contribution is 0.00361. The molecule has 10 heteroatoms. The molecule has 0 unspecified atom stereocenters. The number of hydrogen-bond donors (Lipinski definition) is 2. The Kier molecular flexibility index (Phi) is 14.0. The minimum absolute atomic E-state index is 0.00295. The first-order valence-electron chi connectivity index (χ1n) is 11.1. The van der Waals surface area contributed by atoms with Crippen molar-refractivity contribution in [2.75, 3.05) is 59.5 Å². The van der Waals surface area contributed by atoms with E-state index in [2.05, 4.69) is 22.6 Å². The molecule has 0 aliphatic heterocycles. The van der Waals surface area contributed by atoms with E-state index < -0.39 is 0 Å². The Morgan fingerprint density at radius 3 is 2.26 bits per heavy atom. The zero-order valence-electron chi connectivity index (χ0n) is 19.5. The fourth-order valence-corrected chi connectivity index (χ4v) is 3.68. The molecular formula is C25H30ClIO8. The molecule has 0 aromatic heterocycles. The molecule has 2 rings (SSSR count). The van der Waals surface area contributed by atoms with Crippen molar-refractivity contribution in [1.29, 1.82) is 0 Å². The van der Waals surface area contributed by atoms with E-state index in [1.165, 1.54) is 12.1 Å². The Hall–Kier alpha value is -1.89. The maximum absolute atomic E-state index is 12.6. The first kappa shape index (κ1) is 29.3. The standard InChI is InChI=1S/C25H30ClIO8/c1-2-34-25-17-24(30)20(16-22(25)27)23(29)6-4-18-3-5-19(15-21(18)26)35-14-13-33-12-11-32-10-9-31-8-7-28/h3-6,15-17,28,30H,2,7-14H2,1H3/b6-4+. The van der Waals surface area contributed by atoms with Crippen LogP contribution in [-0.2, 0) is 14.2 Å². The van der Waals surface area contributed by atoms with Crippen LogP contribution >= 0.6 is 34.2 Å². The first-order chi connectivity index (χ1) is 17.0. The molecule has 0 spiro atoms. The second kappa shape index (κ2) is 16.7. The molecule has 192 valence electrons. The number of carbonyl (C=O) groups excluding carboxylic acids is 1. The lowest BCUT2D eigenvalue weighted by Crippen LogP contribution is -2.13. The lowest BCUT2D eigenvalue weighted by atomic mass is 10.1. The summed E-state index contributed by atoms with van der Waals surface area (Å²) in [5.41, 5.74) is 0.828. The summed E-state index contributed by atoms with van der Waals surface area (Å²) in [5, 5.41) is 19.2. The van der Waals surface area contributed by atoms with Crippen LogP contribution in [0.3, 0.4) is 0 Å². The Labute approximate surface area is 223 Å². The molecule has 8 nitrogen and oxygen atoms in total. The summed E-state index contributed by atoms with van der Waals surface area (Å²) in [6.07, 6.45) is 2.96. The fraction of sp³-hybridized carbons (Fsp3) is 0.400. The van der Waals surface area contributed by atoms with Gasteiger partial charge in [-0.2, -0.15) is 0 Å². The molecule has 0 fully saturated rings. The molecule has 2 aromatic carbocycles. The summed E-state index contributed by atoms with van der Waals surface area (Å²) < 4.78 is 27.7. The predicted octanol–water partition coefficient (Wildman–Crippen LogP) is 4.37. The quantitative estimate of drug-likeness (QED) is 0.116. The smallest absolute Gasteiger partial charge is 0.189 e. The van der Waals surface area contributed by atoms with Gasteiger partial charge in [-0.25, -0.2) is 0 Å². The number of aliphatic hydroxyl groups is 1. The Morgan fingerprint density at radius 2 is 1.63 bits per heavy atom. The molecule has 2 N–H and O–H groups in total. The molecule has 35 heavy (non-hydrogen) atoms. The molecule has 0 bridgehead atoms. The van der Waals surface area contributed by atoms with Gasteiger partial charge in [0.15, 0.2) is 5.78 Å². The SMILES string of the molecule is CCOc1cc(O)c(C(=O)/C=C/c2ccc(OCCOCCOCCOCCO)cc2Cl)cc1I. The Morgan fingerprint density at radius 1 is 0.971 bits per heavy atom. The second-order valence-corrected chi connectivity index (χ2v) is 8.59. The number of ether oxygens (including phenoxy) is 5. The van der Waals surface area contributed by atoms with Crippen molar-refractivity contribution in [2.24, 2.45) is 0 Å². The molecule has 0 aliphatic carbocycles. The van der Waals surface area contributed by atoms with Crippen LogP contribution < -0.4 is 9.47 Å². The van der Waals surface area contributed by atoms with Crippen molar-refractivity contribution in [3.8, 4) is 17.2 Å². The number of allylic oxidation sites excluding steroid dienone is 1. The summed E-state index contributed by atoms with van der Waals surface area (Å²) in [4.78, 5) is 12.6. The van der Waals surface area contributed by atoms with Crippen LogP contribution in [0.15, 0.2) is 36.4 Å². The summed E-state index contributed by atoms with van der Waals surface area (Å²) >= 11 is 8.39. The number of rotatable bonds is 17. The van der Waals surface area contributed by atoms with Gasteiger partial charge in [0.2, 0.25) is 0 Å². The first-order valence-corrected chi connectivity index (χ1v) is 12.6. The summed E-state index contributed by atoms with van der Waals surface area (Å²) in [6, 6.07) is 8.20. The van der Waals surface area contributed by atoms with Crippen LogP contribution in [-0.4, -0.2) is 75.5 Å². The highest BCUT2D eigenvalue weighted by atomic mass is 127. The van der Waals surface area contributed by atoms with Crippen LogP contribution in [0.2, 0.25) is 5.02 Å². The number of ketones is 1. The molecule has 0 radical (unpaired) electrons. The third kappa shape index (κ3) is 10.7. The average molecular weight is 621 g/mol. The van der Waals surface area contributed by atoms with Crippen molar-refractivity contribution in [3.05, 3.63) is 56.1 Å². The van der Waals surface area contributed by atoms with Crippen molar-refractivity contribution < 1.29 is 38.7 Å². The van der Waals surface area contributed by atoms with Crippen molar-refractivity contribution in [1.82, 2.24) is 0 Å². The van der Waals surface area contributed by atoms with Crippen LogP contribution in [0, 0.1) is 3.57 Å². The van der Waals surface area contributed by atoms with E-state index >= 15 is 0 Å². The number of carbonyl (C=O) groups is 1. The topological polar surface area (TPSA) is 104 Å². The monoisotopic (exact) mass is 620 g/mol. The predicted molar refractivity (Wildman–Crippen MR) is 142 cm³/mol. The molecule has 0 atom stereocenters. The van der Waals surface area contributed by atoms with E-state index in [0.29, 0.717) is 74.9 Å². The van der Waals surface area contributed by atoms with Gasteiger partial charge in [-0.3, -0.25) is 4.79 Å². The fourth-order valence-electron chi connectivity index (χ4n) is 2.82. The molecule has 0 heterocycles. The van der Waals surface area contributed by atoms with Crippen LogP contribution in [0.4, 0.5) is 0 Å². The van der Waals surface area contributed by atoms with Gasteiger partial charge in [0, 0.05) is 6.07 Å². The van der Waals surface area contributed by atoms with Crippen molar-refractivity contribution >= 4 is 46.1 Å². The highest BCUT2D eigenvalue weighted by molar-refractivity contribution is 14.1. The Balaban J connectivity index is 1.76. The number of phenolic OH excluding ortho intramolecular Hbond substituents is 1. The van der Waals surface area contributed by atoms with Crippen LogP contribution in [0.25, 0.3) is 6.08 Å². The third-order valence-electron chi connectivity index (χ3n) is 4.48. The summed E-state index contributed by atoms with van der Waals surface area (Å²) in [7, 11) is 0. The Bertz CT molecular complexity index is 967. The third-order valence-corrected chi connectivity index (χ3v) is 5.65. The van der Waals surface area contributed by atoms with Crippen molar-refractivity contribution in [3.63, 3.8) is 0 Å². The highest BCUT2D eigenvalue weighted by Gasteiger charge is 2.13. The van der Waals surface area contributed by atoms with E-state index in [-0.39, 0.29) is 23.7 Å². The van der Waals surface area contributed by atoms with Crippen LogP contribution in [0.5, 0.6) is 17.2 Å². The highest BCUT2D eigenvalue weighted by Crippen LogP contribution is 2.30. The minimum atomic E-state index is -0.348. The van der Waals surface area contributed by atoms with Gasteiger partial charge in [0.1, 0.15) is 23.9 Å². The van der Waals surface area contributed by atoms with E-state index in [9.17, 15) is 9.90 Å². The number of halogens is 2. The number of hydrogen-bond acceptors (Lipinski definition) is 8. The minimum Gasteiger partial charge on any atom is -0.507 e. The van der Waals surface area contributed by atoms with Gasteiger partial charge in [0.25, 0.3) is 0 Å². The maximum atomic E-state index is 12.6. The van der Waals surface area contributed by atoms with Crippen molar-refractivity contribution in [2.45, 2.75) is 6.92 Å². The molecular weight excluding hydrogens is 591 g/mol. The molecule has 0 saturated heterocycles. The van der Waals surface area contributed by atoms with Gasteiger partial charge in [-0.1, -0.05) is 11.6 Å². The molecule has 0 saturated carbocycles. The number of phenols is 1. The van der Waals surface area contributed by atoms with Gasteiger partial charge >= 0.3 is 0 Å². The average Bonchev–Trinajstić information content (AvgIpc) is 2.84. The molecule has 0 amide bonds. The van der Waals surface area contributed by atoms with E-state index in [0.717, 1.165) is 3.57 Å². The van der Waals surface area contributed by atoms with Gasteiger partial charge in [-0.15, -0.1) is 0 Å². The zero-order chi connectivity index (χ0) is 25.5. The number of benzene rings is 2. The normalized spacial score (nSPS) is 11.2. The summed E-state index contributed by atoms with van der Waals surface area (Å²) in [6.45, 7) is 5.13. The maximum Gasteiger partial charge on any atom is 0.189 e. The van der Waals surface area contributed by atoms with Gasteiger partial charge in [-0.05, 0) is 71.5 Å².